The lowest BCUT2D eigenvalue weighted by molar-refractivity contribution is 0.327. The van der Waals surface area contributed by atoms with E-state index in [9.17, 15) is 0 Å². The maximum Gasteiger partial charge on any atom is 0.0640 e. The van der Waals surface area contributed by atoms with Crippen molar-refractivity contribution in [3.05, 3.63) is 18.0 Å². The van der Waals surface area contributed by atoms with Crippen molar-refractivity contribution in [2.45, 2.75) is 76.8 Å². The van der Waals surface area contributed by atoms with Crippen molar-refractivity contribution in [1.29, 1.82) is 0 Å². The van der Waals surface area contributed by atoms with Crippen LogP contribution in [0.5, 0.6) is 0 Å². The van der Waals surface area contributed by atoms with E-state index in [1.165, 1.54) is 50.6 Å². The first-order valence-electron chi connectivity index (χ1n) is 7.83. The number of hydrogen-bond acceptors (Lipinski definition) is 3. The highest BCUT2D eigenvalue weighted by Gasteiger charge is 2.17. The second-order valence-corrected chi connectivity index (χ2v) is 5.79. The molecule has 108 valence electrons. The van der Waals surface area contributed by atoms with Gasteiger partial charge in [-0.25, -0.2) is 0 Å². The first kappa shape index (κ1) is 14.5. The molecular weight excluding hydrogens is 236 g/mol. The van der Waals surface area contributed by atoms with Gasteiger partial charge in [-0.1, -0.05) is 39.0 Å². The Morgan fingerprint density at radius 3 is 2.89 bits per heavy atom. The molecule has 4 heteroatoms. The molecule has 19 heavy (non-hydrogen) atoms. The molecule has 1 aliphatic carbocycles. The number of unbranched alkanes of at least 4 members (excludes halogenated alkanes) is 1. The zero-order valence-corrected chi connectivity index (χ0v) is 12.1. The van der Waals surface area contributed by atoms with Crippen molar-refractivity contribution < 1.29 is 0 Å². The Kier molecular flexibility index (Phi) is 5.86. The van der Waals surface area contributed by atoms with E-state index in [2.05, 4.69) is 29.3 Å². The third kappa shape index (κ3) is 4.32. The molecule has 2 rings (SSSR count). The number of nitrogens with zero attached hydrogens (tertiary/aromatic N) is 2. The minimum Gasteiger partial charge on any atom is -0.271 e. The molecule has 1 aromatic heterocycles. The summed E-state index contributed by atoms with van der Waals surface area (Å²) in [4.78, 5) is 0. The van der Waals surface area contributed by atoms with Crippen LogP contribution in [0.2, 0.25) is 0 Å². The Morgan fingerprint density at radius 2 is 2.21 bits per heavy atom. The van der Waals surface area contributed by atoms with Crippen molar-refractivity contribution in [3.63, 3.8) is 0 Å². The lowest BCUT2D eigenvalue weighted by Crippen LogP contribution is -2.36. The Labute approximate surface area is 116 Å². The molecule has 1 unspecified atom stereocenters. The van der Waals surface area contributed by atoms with E-state index >= 15 is 0 Å². The topological polar surface area (TPSA) is 55.9 Å². The van der Waals surface area contributed by atoms with Gasteiger partial charge in [-0.2, -0.15) is 5.10 Å². The fourth-order valence-corrected chi connectivity index (χ4v) is 2.98. The van der Waals surface area contributed by atoms with E-state index in [1.807, 2.05) is 0 Å². The normalized spacial score (nSPS) is 18.6. The van der Waals surface area contributed by atoms with Crippen LogP contribution >= 0.6 is 0 Å². The fraction of sp³-hybridized carbons (Fsp3) is 0.800. The van der Waals surface area contributed by atoms with E-state index < -0.39 is 0 Å². The van der Waals surface area contributed by atoms with Gasteiger partial charge in [0.1, 0.15) is 0 Å². The summed E-state index contributed by atoms with van der Waals surface area (Å²) in [6.07, 6.45) is 13.3. The standard InChI is InChI=1S/C15H28N4/c1-2-3-7-13(17-16)12-14-10-11-19(18-14)15-8-5-4-6-9-15/h10-11,13,15,17H,2-9,12,16H2,1H3. The third-order valence-electron chi connectivity index (χ3n) is 4.21. The molecule has 1 aliphatic rings. The van der Waals surface area contributed by atoms with Crippen molar-refractivity contribution in [2.75, 3.05) is 0 Å². The fourth-order valence-electron chi connectivity index (χ4n) is 2.98. The molecule has 1 heterocycles. The maximum atomic E-state index is 5.63. The number of rotatable bonds is 7. The van der Waals surface area contributed by atoms with Gasteiger partial charge in [0.2, 0.25) is 0 Å². The quantitative estimate of drug-likeness (QED) is 0.588. The van der Waals surface area contributed by atoms with Crippen LogP contribution in [0.1, 0.15) is 70.0 Å². The average Bonchev–Trinajstić information content (AvgIpc) is 2.93. The zero-order chi connectivity index (χ0) is 13.5. The van der Waals surface area contributed by atoms with E-state index in [4.69, 9.17) is 10.9 Å². The Bertz CT molecular complexity index is 355. The van der Waals surface area contributed by atoms with Crippen LogP contribution in [0, 0.1) is 0 Å². The van der Waals surface area contributed by atoms with Crippen LogP contribution in [0.25, 0.3) is 0 Å². The summed E-state index contributed by atoms with van der Waals surface area (Å²) in [5, 5.41) is 4.75. The minimum absolute atomic E-state index is 0.356. The van der Waals surface area contributed by atoms with E-state index in [0.717, 1.165) is 12.8 Å². The Hall–Kier alpha value is -0.870. The Balaban J connectivity index is 1.88. The van der Waals surface area contributed by atoms with Gasteiger partial charge in [0, 0.05) is 18.7 Å². The van der Waals surface area contributed by atoms with Gasteiger partial charge in [-0.15, -0.1) is 0 Å². The smallest absolute Gasteiger partial charge is 0.0640 e. The largest absolute Gasteiger partial charge is 0.271 e. The lowest BCUT2D eigenvalue weighted by atomic mass is 9.96. The molecule has 0 radical (unpaired) electrons. The van der Waals surface area contributed by atoms with Crippen LogP contribution in [-0.2, 0) is 6.42 Å². The molecule has 3 N–H and O–H groups in total. The lowest BCUT2D eigenvalue weighted by Gasteiger charge is -2.22. The average molecular weight is 264 g/mol. The summed E-state index contributed by atoms with van der Waals surface area (Å²) >= 11 is 0. The third-order valence-corrected chi connectivity index (χ3v) is 4.21. The highest BCUT2D eigenvalue weighted by atomic mass is 15.3. The highest BCUT2D eigenvalue weighted by molar-refractivity contribution is 5.02. The van der Waals surface area contributed by atoms with Crippen LogP contribution in [0.15, 0.2) is 12.3 Å². The molecule has 1 atom stereocenters. The maximum absolute atomic E-state index is 5.63. The molecule has 0 amide bonds. The van der Waals surface area contributed by atoms with Crippen molar-refractivity contribution >= 4 is 0 Å². The summed E-state index contributed by atoms with van der Waals surface area (Å²) in [5.41, 5.74) is 4.10. The van der Waals surface area contributed by atoms with Crippen molar-refractivity contribution in [3.8, 4) is 0 Å². The second kappa shape index (κ2) is 7.65. The first-order valence-corrected chi connectivity index (χ1v) is 7.83. The second-order valence-electron chi connectivity index (χ2n) is 5.79. The predicted molar refractivity (Wildman–Crippen MR) is 78.7 cm³/mol. The van der Waals surface area contributed by atoms with Gasteiger partial charge < -0.3 is 0 Å². The van der Waals surface area contributed by atoms with Gasteiger partial charge in [0.05, 0.1) is 11.7 Å². The van der Waals surface area contributed by atoms with Crippen LogP contribution in [0.4, 0.5) is 0 Å². The minimum atomic E-state index is 0.356. The summed E-state index contributed by atoms with van der Waals surface area (Å²) in [6.45, 7) is 2.21. The predicted octanol–water partition coefficient (Wildman–Crippen LogP) is 2.95. The molecule has 1 fully saturated rings. The first-order chi connectivity index (χ1) is 9.33. The summed E-state index contributed by atoms with van der Waals surface area (Å²) in [5.74, 6) is 5.63. The number of hydrazine groups is 1. The Morgan fingerprint density at radius 1 is 1.42 bits per heavy atom. The van der Waals surface area contributed by atoms with E-state index in [-0.39, 0.29) is 0 Å². The molecule has 0 bridgehead atoms. The van der Waals surface area contributed by atoms with Crippen LogP contribution in [0.3, 0.4) is 0 Å². The molecule has 1 aromatic rings. The van der Waals surface area contributed by atoms with Crippen LogP contribution < -0.4 is 11.3 Å². The monoisotopic (exact) mass is 264 g/mol. The van der Waals surface area contributed by atoms with E-state index in [0.29, 0.717) is 12.1 Å². The number of aromatic nitrogens is 2. The van der Waals surface area contributed by atoms with Gasteiger partial charge in [-0.3, -0.25) is 16.0 Å². The SMILES string of the molecule is CCCCC(Cc1ccn(C2CCCCC2)n1)NN. The summed E-state index contributed by atoms with van der Waals surface area (Å²) in [7, 11) is 0. The molecule has 1 saturated carbocycles. The van der Waals surface area contributed by atoms with E-state index in [1.54, 1.807) is 0 Å². The molecular formula is C15H28N4. The van der Waals surface area contributed by atoms with Gasteiger partial charge in [0.25, 0.3) is 0 Å². The molecule has 0 spiro atoms. The molecule has 0 aromatic carbocycles. The number of nitrogens with one attached hydrogen (secondary N) is 1. The van der Waals surface area contributed by atoms with Gasteiger partial charge >= 0.3 is 0 Å². The van der Waals surface area contributed by atoms with Crippen molar-refractivity contribution in [1.82, 2.24) is 15.2 Å². The van der Waals surface area contributed by atoms with Crippen molar-refractivity contribution in [2.24, 2.45) is 5.84 Å². The molecule has 0 aliphatic heterocycles. The summed E-state index contributed by atoms with van der Waals surface area (Å²) in [6, 6.07) is 3.14. The number of nitrogens with two attached hydrogens (primary N) is 1. The number of hydrogen-bond donors (Lipinski definition) is 2. The molecule has 4 nitrogen and oxygen atoms in total. The van der Waals surface area contributed by atoms with Gasteiger partial charge in [-0.05, 0) is 25.3 Å². The molecule has 0 saturated heterocycles. The van der Waals surface area contributed by atoms with Gasteiger partial charge in [0.15, 0.2) is 0 Å². The summed E-state index contributed by atoms with van der Waals surface area (Å²) < 4.78 is 2.18. The van der Waals surface area contributed by atoms with Crippen LogP contribution in [-0.4, -0.2) is 15.8 Å². The zero-order valence-electron chi connectivity index (χ0n) is 12.1. The highest BCUT2D eigenvalue weighted by Crippen LogP contribution is 2.27.